The zero-order valence-corrected chi connectivity index (χ0v) is 12.5. The number of aliphatic hydroxyl groups is 1. The number of sulfonamides is 1. The Bertz CT molecular complexity index is 621. The van der Waals surface area contributed by atoms with E-state index >= 15 is 0 Å². The molecule has 8 heteroatoms. The molecule has 1 aromatic carbocycles. The summed E-state index contributed by atoms with van der Waals surface area (Å²) in [5.41, 5.74) is 5.14. The summed E-state index contributed by atoms with van der Waals surface area (Å²) < 4.78 is 39.4. The minimum absolute atomic E-state index is 0.110. The molecule has 2 rings (SSSR count). The molecule has 0 bridgehead atoms. The summed E-state index contributed by atoms with van der Waals surface area (Å²) in [6, 6.07) is 1.93. The second-order valence-electron chi connectivity index (χ2n) is 4.96. The Morgan fingerprint density at radius 2 is 2.20 bits per heavy atom. The van der Waals surface area contributed by atoms with Gasteiger partial charge in [-0.1, -0.05) is 11.6 Å². The largest absolute Gasteiger partial charge is 0.396 e. The summed E-state index contributed by atoms with van der Waals surface area (Å²) in [6.45, 7) is 2.14. The summed E-state index contributed by atoms with van der Waals surface area (Å²) >= 11 is 5.81. The molecule has 2 unspecified atom stereocenters. The molecular formula is C12H16ClFN2O3S. The fourth-order valence-corrected chi connectivity index (χ4v) is 4.28. The minimum Gasteiger partial charge on any atom is -0.396 e. The van der Waals surface area contributed by atoms with E-state index in [1.54, 1.807) is 6.92 Å². The first-order chi connectivity index (χ1) is 9.23. The van der Waals surface area contributed by atoms with Gasteiger partial charge >= 0.3 is 0 Å². The molecule has 0 saturated carbocycles. The maximum atomic E-state index is 13.2. The second-order valence-corrected chi connectivity index (χ2v) is 7.27. The van der Waals surface area contributed by atoms with Gasteiger partial charge in [0, 0.05) is 13.1 Å². The SMILES string of the molecule is CC(O)C1CCN(S(=O)(=O)c2cc(N)c(F)cc2Cl)C1. The van der Waals surface area contributed by atoms with Crippen molar-refractivity contribution in [3.63, 3.8) is 0 Å². The Hall–Kier alpha value is -0.890. The van der Waals surface area contributed by atoms with Gasteiger partial charge in [0.05, 0.1) is 16.8 Å². The van der Waals surface area contributed by atoms with E-state index in [1.807, 2.05) is 0 Å². The summed E-state index contributed by atoms with van der Waals surface area (Å²) in [7, 11) is -3.83. The molecule has 1 saturated heterocycles. The van der Waals surface area contributed by atoms with Crippen molar-refractivity contribution in [2.45, 2.75) is 24.3 Å². The van der Waals surface area contributed by atoms with E-state index in [0.717, 1.165) is 12.1 Å². The van der Waals surface area contributed by atoms with Crippen LogP contribution in [0.15, 0.2) is 17.0 Å². The maximum absolute atomic E-state index is 13.2. The Balaban J connectivity index is 2.35. The first kappa shape index (κ1) is 15.5. The average molecular weight is 323 g/mol. The lowest BCUT2D eigenvalue weighted by Gasteiger charge is -2.18. The summed E-state index contributed by atoms with van der Waals surface area (Å²) in [4.78, 5) is -0.204. The second kappa shape index (κ2) is 5.48. The van der Waals surface area contributed by atoms with Gasteiger partial charge in [-0.25, -0.2) is 12.8 Å². The number of aliphatic hydroxyl groups excluding tert-OH is 1. The predicted octanol–water partition coefficient (Wildman–Crippen LogP) is 1.45. The van der Waals surface area contributed by atoms with Gasteiger partial charge < -0.3 is 10.8 Å². The zero-order valence-electron chi connectivity index (χ0n) is 10.9. The predicted molar refractivity (Wildman–Crippen MR) is 74.4 cm³/mol. The molecule has 1 aliphatic rings. The van der Waals surface area contributed by atoms with Crippen LogP contribution >= 0.6 is 11.6 Å². The molecule has 5 nitrogen and oxygen atoms in total. The number of anilines is 1. The highest BCUT2D eigenvalue weighted by atomic mass is 35.5. The van der Waals surface area contributed by atoms with Crippen LogP contribution in [0.4, 0.5) is 10.1 Å². The molecule has 0 spiro atoms. The van der Waals surface area contributed by atoms with Crippen LogP contribution in [0.5, 0.6) is 0 Å². The maximum Gasteiger partial charge on any atom is 0.244 e. The summed E-state index contributed by atoms with van der Waals surface area (Å²) in [5, 5.41) is 9.33. The monoisotopic (exact) mass is 322 g/mol. The lowest BCUT2D eigenvalue weighted by molar-refractivity contribution is 0.133. The van der Waals surface area contributed by atoms with Crippen molar-refractivity contribution < 1.29 is 17.9 Å². The van der Waals surface area contributed by atoms with Crippen molar-refractivity contribution in [2.75, 3.05) is 18.8 Å². The molecule has 0 amide bonds. The smallest absolute Gasteiger partial charge is 0.244 e. The van der Waals surface area contributed by atoms with Crippen molar-refractivity contribution in [1.29, 1.82) is 0 Å². The fraction of sp³-hybridized carbons (Fsp3) is 0.500. The number of rotatable bonds is 3. The van der Waals surface area contributed by atoms with Gasteiger partial charge in [-0.3, -0.25) is 0 Å². The number of hydrogen-bond donors (Lipinski definition) is 2. The molecule has 1 heterocycles. The molecule has 0 aromatic heterocycles. The summed E-state index contributed by atoms with van der Waals surface area (Å²) in [6.07, 6.45) is -0.00507. The van der Waals surface area contributed by atoms with Gasteiger partial charge in [0.25, 0.3) is 0 Å². The van der Waals surface area contributed by atoms with E-state index in [0.29, 0.717) is 13.0 Å². The molecule has 1 aromatic rings. The quantitative estimate of drug-likeness (QED) is 0.825. The van der Waals surface area contributed by atoms with Crippen LogP contribution in [0.3, 0.4) is 0 Å². The molecule has 0 radical (unpaired) electrons. The topological polar surface area (TPSA) is 83.6 Å². The van der Waals surface area contributed by atoms with Crippen LogP contribution < -0.4 is 5.73 Å². The molecule has 0 aliphatic carbocycles. The third kappa shape index (κ3) is 2.76. The standard InChI is InChI=1S/C12H16ClFN2O3S/c1-7(17)8-2-3-16(6-8)20(18,19)12-5-11(15)10(14)4-9(12)13/h4-5,7-8,17H,2-3,6,15H2,1H3. The average Bonchev–Trinajstić information content (AvgIpc) is 2.83. The van der Waals surface area contributed by atoms with E-state index in [-0.39, 0.29) is 28.1 Å². The van der Waals surface area contributed by atoms with E-state index in [9.17, 15) is 17.9 Å². The number of benzene rings is 1. The van der Waals surface area contributed by atoms with Crippen LogP contribution in [0.25, 0.3) is 0 Å². The van der Waals surface area contributed by atoms with Crippen molar-refractivity contribution in [1.82, 2.24) is 4.31 Å². The Kier molecular flexibility index (Phi) is 4.24. The van der Waals surface area contributed by atoms with Crippen LogP contribution in [-0.4, -0.2) is 37.0 Å². The van der Waals surface area contributed by atoms with Crippen LogP contribution in [0, 0.1) is 11.7 Å². The van der Waals surface area contributed by atoms with Crippen molar-refractivity contribution >= 4 is 27.3 Å². The minimum atomic E-state index is -3.83. The molecule has 112 valence electrons. The van der Waals surface area contributed by atoms with E-state index < -0.39 is 21.9 Å². The van der Waals surface area contributed by atoms with Crippen molar-refractivity contribution in [2.24, 2.45) is 5.92 Å². The molecule has 2 atom stereocenters. The van der Waals surface area contributed by atoms with Gasteiger partial charge in [0.2, 0.25) is 10.0 Å². The third-order valence-electron chi connectivity index (χ3n) is 3.54. The number of hydrogen-bond acceptors (Lipinski definition) is 4. The molecule has 3 N–H and O–H groups in total. The lowest BCUT2D eigenvalue weighted by atomic mass is 10.0. The molecule has 20 heavy (non-hydrogen) atoms. The van der Waals surface area contributed by atoms with Gasteiger partial charge in [0.1, 0.15) is 10.7 Å². The number of nitrogens with zero attached hydrogens (tertiary/aromatic N) is 1. The lowest BCUT2D eigenvalue weighted by Crippen LogP contribution is -2.30. The first-order valence-electron chi connectivity index (χ1n) is 6.16. The highest BCUT2D eigenvalue weighted by Gasteiger charge is 2.35. The Morgan fingerprint density at radius 1 is 1.55 bits per heavy atom. The van der Waals surface area contributed by atoms with E-state index in [1.165, 1.54) is 4.31 Å². The van der Waals surface area contributed by atoms with Gasteiger partial charge in [0.15, 0.2) is 0 Å². The Labute approximate surface area is 122 Å². The van der Waals surface area contributed by atoms with E-state index in [4.69, 9.17) is 17.3 Å². The fourth-order valence-electron chi connectivity index (χ4n) is 2.25. The number of nitrogen functional groups attached to an aromatic ring is 1. The van der Waals surface area contributed by atoms with Gasteiger partial charge in [-0.2, -0.15) is 4.31 Å². The van der Waals surface area contributed by atoms with Crippen LogP contribution in [0.2, 0.25) is 5.02 Å². The normalized spacial score (nSPS) is 22.1. The van der Waals surface area contributed by atoms with Gasteiger partial charge in [-0.05, 0) is 31.4 Å². The number of nitrogens with two attached hydrogens (primary N) is 1. The van der Waals surface area contributed by atoms with E-state index in [2.05, 4.69) is 0 Å². The highest BCUT2D eigenvalue weighted by Crippen LogP contribution is 2.32. The summed E-state index contributed by atoms with van der Waals surface area (Å²) in [5.74, 6) is -0.862. The highest BCUT2D eigenvalue weighted by molar-refractivity contribution is 7.89. The van der Waals surface area contributed by atoms with Gasteiger partial charge in [-0.15, -0.1) is 0 Å². The van der Waals surface area contributed by atoms with Crippen molar-refractivity contribution in [3.8, 4) is 0 Å². The first-order valence-corrected chi connectivity index (χ1v) is 7.98. The van der Waals surface area contributed by atoms with Crippen molar-refractivity contribution in [3.05, 3.63) is 23.0 Å². The molecule has 1 aliphatic heterocycles. The molecule has 1 fully saturated rings. The molecular weight excluding hydrogens is 307 g/mol. The number of halogens is 2. The zero-order chi connectivity index (χ0) is 15.1. The Morgan fingerprint density at radius 3 is 2.75 bits per heavy atom. The van der Waals surface area contributed by atoms with Crippen LogP contribution in [-0.2, 0) is 10.0 Å². The van der Waals surface area contributed by atoms with Crippen LogP contribution in [0.1, 0.15) is 13.3 Å². The third-order valence-corrected chi connectivity index (χ3v) is 5.87.